The van der Waals surface area contributed by atoms with Crippen LogP contribution in [-0.2, 0) is 15.3 Å². The van der Waals surface area contributed by atoms with Crippen LogP contribution in [0.1, 0.15) is 29.8 Å². The van der Waals surface area contributed by atoms with Crippen molar-refractivity contribution in [2.75, 3.05) is 0 Å². The first-order valence-electron chi connectivity index (χ1n) is 5.85. The normalized spacial score (nSPS) is 13.7. The molecule has 0 amide bonds. The van der Waals surface area contributed by atoms with Gasteiger partial charge in [-0.25, -0.2) is 0 Å². The van der Waals surface area contributed by atoms with Crippen molar-refractivity contribution in [3.8, 4) is 0 Å². The van der Waals surface area contributed by atoms with Crippen LogP contribution in [0, 0.1) is 5.41 Å². The Balaban J connectivity index is 3.09. The third-order valence-corrected chi connectivity index (χ3v) is 5.52. The highest BCUT2D eigenvalue weighted by molar-refractivity contribution is 9.11. The second kappa shape index (κ2) is 7.28. The van der Waals surface area contributed by atoms with Crippen LogP contribution >= 0.6 is 31.9 Å². The summed E-state index contributed by atoms with van der Waals surface area (Å²) in [5.41, 5.74) is 1.58. The third kappa shape index (κ3) is 4.09. The van der Waals surface area contributed by atoms with Gasteiger partial charge in [0.05, 0.1) is 0 Å². The zero-order valence-electron chi connectivity index (χ0n) is 11.5. The summed E-state index contributed by atoms with van der Waals surface area (Å²) < 4.78 is 12.7. The SMILES string of the molecule is CC(C)(Cc1ccc(Br)c(C=O)c1Br)C(O[SiH3])O[SiH3]. The molecule has 0 bridgehead atoms. The topological polar surface area (TPSA) is 35.5 Å². The number of carbonyl (C=O) groups excluding carboxylic acids is 1. The lowest BCUT2D eigenvalue weighted by Gasteiger charge is -2.33. The molecule has 0 saturated heterocycles. The molecule has 106 valence electrons. The van der Waals surface area contributed by atoms with Gasteiger partial charge < -0.3 is 8.85 Å². The summed E-state index contributed by atoms with van der Waals surface area (Å²) in [6.07, 6.45) is 1.45. The van der Waals surface area contributed by atoms with Crippen LogP contribution in [0.4, 0.5) is 0 Å². The summed E-state index contributed by atoms with van der Waals surface area (Å²) in [5.74, 6) is 0. The Morgan fingerprint density at radius 3 is 2.37 bits per heavy atom. The fourth-order valence-electron chi connectivity index (χ4n) is 2.17. The van der Waals surface area contributed by atoms with Crippen molar-refractivity contribution in [3.63, 3.8) is 0 Å². The molecule has 1 aromatic carbocycles. The molecular formula is C12H18Br2O3Si2. The molecule has 0 saturated carbocycles. The molecule has 0 fully saturated rings. The largest absolute Gasteiger partial charge is 0.404 e. The maximum absolute atomic E-state index is 11.1. The first-order valence-corrected chi connectivity index (χ1v) is 9.07. The number of halogens is 2. The van der Waals surface area contributed by atoms with Crippen LogP contribution in [0.5, 0.6) is 0 Å². The fraction of sp³-hybridized carbons (Fsp3) is 0.417. The number of benzene rings is 1. The van der Waals surface area contributed by atoms with Gasteiger partial charge in [-0.2, -0.15) is 0 Å². The molecule has 0 unspecified atom stereocenters. The van der Waals surface area contributed by atoms with Gasteiger partial charge in [0.2, 0.25) is 0 Å². The number of aldehydes is 1. The van der Waals surface area contributed by atoms with E-state index in [0.29, 0.717) is 26.5 Å². The molecule has 0 aliphatic rings. The zero-order chi connectivity index (χ0) is 14.6. The van der Waals surface area contributed by atoms with Crippen LogP contribution in [-0.4, -0.2) is 33.5 Å². The summed E-state index contributed by atoms with van der Waals surface area (Å²) >= 11 is 6.89. The fourth-order valence-corrected chi connectivity index (χ4v) is 5.48. The Hall–Kier alpha value is 0.204. The molecule has 0 atom stereocenters. The summed E-state index contributed by atoms with van der Waals surface area (Å²) in [4.78, 5) is 11.1. The molecule has 0 N–H and O–H groups in total. The summed E-state index contributed by atoms with van der Waals surface area (Å²) in [7, 11) is 1.29. The van der Waals surface area contributed by atoms with Crippen molar-refractivity contribution < 1.29 is 13.6 Å². The molecule has 0 aliphatic heterocycles. The van der Waals surface area contributed by atoms with Crippen LogP contribution in [0.15, 0.2) is 21.1 Å². The Bertz CT molecular complexity index is 463. The van der Waals surface area contributed by atoms with Gasteiger partial charge in [0.1, 0.15) is 27.3 Å². The molecule has 0 spiro atoms. The van der Waals surface area contributed by atoms with Crippen molar-refractivity contribution in [2.45, 2.75) is 26.6 Å². The van der Waals surface area contributed by atoms with Crippen molar-refractivity contribution >= 4 is 59.1 Å². The average Bonchev–Trinajstić information content (AvgIpc) is 2.34. The van der Waals surface area contributed by atoms with Gasteiger partial charge in [-0.1, -0.05) is 35.8 Å². The lowest BCUT2D eigenvalue weighted by atomic mass is 9.85. The summed E-state index contributed by atoms with van der Waals surface area (Å²) in [6.45, 7) is 4.23. The van der Waals surface area contributed by atoms with E-state index in [0.717, 1.165) is 27.2 Å². The minimum Gasteiger partial charge on any atom is -0.404 e. The molecule has 1 rings (SSSR count). The predicted molar refractivity (Wildman–Crippen MR) is 90.6 cm³/mol. The molecule has 1 aromatic rings. The van der Waals surface area contributed by atoms with E-state index in [1.807, 2.05) is 12.1 Å². The van der Waals surface area contributed by atoms with Crippen LogP contribution < -0.4 is 0 Å². The Morgan fingerprint density at radius 2 is 1.89 bits per heavy atom. The standard InChI is InChI=1S/C12H18Br2O3Si2/c1-12(2,11(16-18)17-19)5-7-3-4-9(13)8(6-15)10(7)14/h3-4,6,11H,5H2,1-2,18-19H3. The molecule has 0 aliphatic carbocycles. The van der Waals surface area contributed by atoms with Gasteiger partial charge in [0.25, 0.3) is 0 Å². The van der Waals surface area contributed by atoms with E-state index >= 15 is 0 Å². The van der Waals surface area contributed by atoms with Crippen molar-refractivity contribution in [1.82, 2.24) is 0 Å². The van der Waals surface area contributed by atoms with E-state index in [1.54, 1.807) is 0 Å². The molecule has 0 radical (unpaired) electrons. The Morgan fingerprint density at radius 1 is 1.32 bits per heavy atom. The monoisotopic (exact) mass is 424 g/mol. The van der Waals surface area contributed by atoms with E-state index < -0.39 is 0 Å². The van der Waals surface area contributed by atoms with E-state index in [-0.39, 0.29) is 11.7 Å². The van der Waals surface area contributed by atoms with Gasteiger partial charge in [-0.15, -0.1) is 0 Å². The summed E-state index contributed by atoms with van der Waals surface area (Å²) in [5, 5.41) is 0. The molecule has 0 aromatic heterocycles. The van der Waals surface area contributed by atoms with Gasteiger partial charge in [-0.05, 0) is 34.0 Å². The number of rotatable bonds is 6. The quantitative estimate of drug-likeness (QED) is 0.393. The highest BCUT2D eigenvalue weighted by atomic mass is 79.9. The number of hydrogen-bond donors (Lipinski definition) is 0. The minimum atomic E-state index is -0.180. The van der Waals surface area contributed by atoms with Crippen LogP contribution in [0.2, 0.25) is 0 Å². The maximum atomic E-state index is 11.1. The van der Waals surface area contributed by atoms with E-state index in [1.165, 1.54) is 0 Å². The molecule has 0 heterocycles. The zero-order valence-corrected chi connectivity index (χ0v) is 18.7. The Kier molecular flexibility index (Phi) is 6.61. The van der Waals surface area contributed by atoms with Gasteiger partial charge in [0, 0.05) is 19.9 Å². The first kappa shape index (κ1) is 17.3. The summed E-state index contributed by atoms with van der Waals surface area (Å²) in [6, 6.07) is 3.91. The maximum Gasteiger partial charge on any atom is 0.152 e. The van der Waals surface area contributed by atoms with Crippen LogP contribution in [0.3, 0.4) is 0 Å². The van der Waals surface area contributed by atoms with Crippen molar-refractivity contribution in [2.24, 2.45) is 5.41 Å². The van der Waals surface area contributed by atoms with E-state index in [4.69, 9.17) is 8.85 Å². The van der Waals surface area contributed by atoms with Crippen molar-refractivity contribution in [1.29, 1.82) is 0 Å². The molecule has 3 nitrogen and oxygen atoms in total. The van der Waals surface area contributed by atoms with Gasteiger partial charge >= 0.3 is 0 Å². The van der Waals surface area contributed by atoms with Gasteiger partial charge in [0.15, 0.2) is 6.29 Å². The number of hydrogen-bond acceptors (Lipinski definition) is 3. The highest BCUT2D eigenvalue weighted by Gasteiger charge is 2.30. The predicted octanol–water partition coefficient (Wildman–Crippen LogP) is 1.51. The second-order valence-electron chi connectivity index (χ2n) is 5.02. The van der Waals surface area contributed by atoms with Gasteiger partial charge in [-0.3, -0.25) is 4.79 Å². The van der Waals surface area contributed by atoms with E-state index in [2.05, 4.69) is 45.7 Å². The highest BCUT2D eigenvalue weighted by Crippen LogP contribution is 2.34. The lowest BCUT2D eigenvalue weighted by Crippen LogP contribution is -2.35. The first-order chi connectivity index (χ1) is 8.87. The molecule has 7 heteroatoms. The lowest BCUT2D eigenvalue weighted by molar-refractivity contribution is -0.0726. The second-order valence-corrected chi connectivity index (χ2v) is 7.61. The molecule has 19 heavy (non-hydrogen) atoms. The average molecular weight is 426 g/mol. The smallest absolute Gasteiger partial charge is 0.152 e. The third-order valence-electron chi connectivity index (χ3n) is 3.04. The van der Waals surface area contributed by atoms with Crippen LogP contribution in [0.25, 0.3) is 0 Å². The van der Waals surface area contributed by atoms with E-state index in [9.17, 15) is 4.79 Å². The minimum absolute atomic E-state index is 0.139. The van der Waals surface area contributed by atoms with Crippen molar-refractivity contribution in [3.05, 3.63) is 32.2 Å². The Labute approximate surface area is 136 Å². The number of carbonyl (C=O) groups is 1. The molecular weight excluding hydrogens is 408 g/mol.